The standard InChI is InChI=1S/C17H22N2O3S2/c1-11-9-14(10-16(12(11)2)24(21,22)19(4)5)17(20)18-13(3)15-7-6-8-23-15/h6-10,13H,1-5H3,(H,18,20). The number of hydrogen-bond acceptors (Lipinski definition) is 4. The molecule has 2 rings (SSSR count). The molecule has 0 aliphatic rings. The third kappa shape index (κ3) is 3.68. The molecular weight excluding hydrogens is 344 g/mol. The molecule has 24 heavy (non-hydrogen) atoms. The van der Waals surface area contributed by atoms with Gasteiger partial charge in [-0.1, -0.05) is 6.07 Å². The van der Waals surface area contributed by atoms with E-state index in [0.717, 1.165) is 14.7 Å². The molecule has 1 aromatic heterocycles. The number of amides is 1. The Morgan fingerprint density at radius 2 is 1.92 bits per heavy atom. The van der Waals surface area contributed by atoms with Crippen LogP contribution in [-0.2, 0) is 10.0 Å². The van der Waals surface area contributed by atoms with Crippen molar-refractivity contribution in [2.75, 3.05) is 14.1 Å². The summed E-state index contributed by atoms with van der Waals surface area (Å²) >= 11 is 1.57. The molecule has 0 saturated carbocycles. The number of hydrogen-bond donors (Lipinski definition) is 1. The molecule has 1 aromatic carbocycles. The highest BCUT2D eigenvalue weighted by atomic mass is 32.2. The van der Waals surface area contributed by atoms with Crippen molar-refractivity contribution >= 4 is 27.3 Å². The van der Waals surface area contributed by atoms with Crippen molar-refractivity contribution in [1.29, 1.82) is 0 Å². The molecule has 1 N–H and O–H groups in total. The van der Waals surface area contributed by atoms with Crippen molar-refractivity contribution in [2.24, 2.45) is 0 Å². The SMILES string of the molecule is Cc1cc(C(=O)NC(C)c2cccs2)cc(S(=O)(=O)N(C)C)c1C. The van der Waals surface area contributed by atoms with Crippen molar-refractivity contribution in [2.45, 2.75) is 31.7 Å². The van der Waals surface area contributed by atoms with Crippen LogP contribution < -0.4 is 5.32 Å². The first-order valence-electron chi connectivity index (χ1n) is 7.52. The quantitative estimate of drug-likeness (QED) is 0.884. The highest BCUT2D eigenvalue weighted by Crippen LogP contribution is 2.24. The van der Waals surface area contributed by atoms with Crippen LogP contribution in [0.2, 0.25) is 0 Å². The predicted octanol–water partition coefficient (Wildman–Crippen LogP) is 3.11. The van der Waals surface area contributed by atoms with Crippen molar-refractivity contribution < 1.29 is 13.2 Å². The second kappa shape index (κ2) is 7.04. The zero-order valence-electron chi connectivity index (χ0n) is 14.5. The van der Waals surface area contributed by atoms with Crippen LogP contribution in [0, 0.1) is 13.8 Å². The highest BCUT2D eigenvalue weighted by Gasteiger charge is 2.23. The maximum Gasteiger partial charge on any atom is 0.251 e. The summed E-state index contributed by atoms with van der Waals surface area (Å²) in [5.74, 6) is -0.283. The zero-order chi connectivity index (χ0) is 18.1. The van der Waals surface area contributed by atoms with Crippen LogP contribution >= 0.6 is 11.3 Å². The van der Waals surface area contributed by atoms with Gasteiger partial charge in [-0.2, -0.15) is 0 Å². The van der Waals surface area contributed by atoms with Gasteiger partial charge in [0.05, 0.1) is 10.9 Å². The first kappa shape index (κ1) is 18.6. The molecule has 0 fully saturated rings. The number of benzene rings is 1. The third-order valence-corrected chi connectivity index (χ3v) is 6.95. The number of nitrogens with zero attached hydrogens (tertiary/aromatic N) is 1. The number of thiophene rings is 1. The maximum absolute atomic E-state index is 12.5. The van der Waals surface area contributed by atoms with Crippen LogP contribution in [-0.4, -0.2) is 32.7 Å². The van der Waals surface area contributed by atoms with Crippen molar-refractivity contribution in [3.05, 3.63) is 51.2 Å². The van der Waals surface area contributed by atoms with Gasteiger partial charge in [-0.3, -0.25) is 4.79 Å². The largest absolute Gasteiger partial charge is 0.345 e. The van der Waals surface area contributed by atoms with E-state index in [1.54, 1.807) is 24.3 Å². The molecule has 7 heteroatoms. The summed E-state index contributed by atoms with van der Waals surface area (Å²) < 4.78 is 26.1. The molecule has 5 nitrogen and oxygen atoms in total. The maximum atomic E-state index is 12.5. The number of aryl methyl sites for hydroxylation is 1. The van der Waals surface area contributed by atoms with Gasteiger partial charge in [0.2, 0.25) is 10.0 Å². The molecule has 0 spiro atoms. The summed E-state index contributed by atoms with van der Waals surface area (Å²) in [6.45, 7) is 5.47. The minimum Gasteiger partial charge on any atom is -0.345 e. The fourth-order valence-corrected chi connectivity index (χ4v) is 4.26. The fourth-order valence-electron chi connectivity index (χ4n) is 2.31. The second-order valence-electron chi connectivity index (χ2n) is 5.91. The molecule has 2 aromatic rings. The Balaban J connectivity index is 2.38. The second-order valence-corrected chi connectivity index (χ2v) is 9.01. The molecule has 130 valence electrons. The van der Waals surface area contributed by atoms with Gasteiger partial charge < -0.3 is 5.32 Å². The lowest BCUT2D eigenvalue weighted by Gasteiger charge is -2.17. The molecule has 0 bridgehead atoms. The topological polar surface area (TPSA) is 66.5 Å². The van der Waals surface area contributed by atoms with E-state index in [4.69, 9.17) is 0 Å². The van der Waals surface area contributed by atoms with Gasteiger partial charge in [-0.05, 0) is 55.5 Å². The monoisotopic (exact) mass is 366 g/mol. The van der Waals surface area contributed by atoms with E-state index in [1.807, 2.05) is 31.4 Å². The summed E-state index contributed by atoms with van der Waals surface area (Å²) in [6.07, 6.45) is 0. The van der Waals surface area contributed by atoms with E-state index >= 15 is 0 Å². The van der Waals surface area contributed by atoms with Gasteiger partial charge in [0.25, 0.3) is 5.91 Å². The highest BCUT2D eigenvalue weighted by molar-refractivity contribution is 7.89. The molecule has 0 saturated heterocycles. The van der Waals surface area contributed by atoms with Crippen molar-refractivity contribution in [3.63, 3.8) is 0 Å². The first-order chi connectivity index (χ1) is 11.1. The van der Waals surface area contributed by atoms with Gasteiger partial charge >= 0.3 is 0 Å². The lowest BCUT2D eigenvalue weighted by molar-refractivity contribution is 0.0940. The zero-order valence-corrected chi connectivity index (χ0v) is 16.1. The Morgan fingerprint density at radius 3 is 2.46 bits per heavy atom. The lowest BCUT2D eigenvalue weighted by atomic mass is 10.1. The van der Waals surface area contributed by atoms with Crippen LogP contribution in [0.1, 0.15) is 39.3 Å². The van der Waals surface area contributed by atoms with E-state index < -0.39 is 10.0 Å². The number of sulfonamides is 1. The predicted molar refractivity (Wildman–Crippen MR) is 97.0 cm³/mol. The molecule has 1 amide bonds. The van der Waals surface area contributed by atoms with E-state index in [0.29, 0.717) is 11.1 Å². The summed E-state index contributed by atoms with van der Waals surface area (Å²) in [5.41, 5.74) is 1.78. The number of carbonyl (C=O) groups excluding carboxylic acids is 1. The Labute approximate surface area is 147 Å². The summed E-state index contributed by atoms with van der Waals surface area (Å²) in [6, 6.07) is 6.93. The summed E-state index contributed by atoms with van der Waals surface area (Å²) in [4.78, 5) is 13.8. The van der Waals surface area contributed by atoms with Gasteiger partial charge in [0, 0.05) is 24.5 Å². The number of nitrogens with one attached hydrogen (secondary N) is 1. The Bertz CT molecular complexity index is 841. The first-order valence-corrected chi connectivity index (χ1v) is 9.84. The molecule has 0 aliphatic carbocycles. The summed E-state index contributed by atoms with van der Waals surface area (Å²) in [5, 5.41) is 4.87. The molecule has 1 atom stereocenters. The molecule has 0 radical (unpaired) electrons. The Hall–Kier alpha value is -1.70. The van der Waals surface area contributed by atoms with E-state index in [2.05, 4.69) is 5.32 Å². The van der Waals surface area contributed by atoms with E-state index in [9.17, 15) is 13.2 Å². The van der Waals surface area contributed by atoms with Crippen LogP contribution in [0.4, 0.5) is 0 Å². The van der Waals surface area contributed by atoms with Gasteiger partial charge in [-0.25, -0.2) is 12.7 Å². The van der Waals surface area contributed by atoms with Gasteiger partial charge in [-0.15, -0.1) is 11.3 Å². The smallest absolute Gasteiger partial charge is 0.251 e. The minimum absolute atomic E-state index is 0.131. The van der Waals surface area contributed by atoms with E-state index in [-0.39, 0.29) is 16.8 Å². The van der Waals surface area contributed by atoms with Crippen molar-refractivity contribution in [1.82, 2.24) is 9.62 Å². The van der Waals surface area contributed by atoms with Crippen LogP contribution in [0.15, 0.2) is 34.5 Å². The minimum atomic E-state index is -3.60. The van der Waals surface area contributed by atoms with Gasteiger partial charge in [0.15, 0.2) is 0 Å². The van der Waals surface area contributed by atoms with Crippen LogP contribution in [0.5, 0.6) is 0 Å². The Kier molecular flexibility index (Phi) is 5.47. The Morgan fingerprint density at radius 1 is 1.25 bits per heavy atom. The van der Waals surface area contributed by atoms with E-state index in [1.165, 1.54) is 20.2 Å². The van der Waals surface area contributed by atoms with Crippen LogP contribution in [0.3, 0.4) is 0 Å². The molecular formula is C17H22N2O3S2. The molecule has 1 heterocycles. The molecule has 1 unspecified atom stereocenters. The summed E-state index contributed by atoms with van der Waals surface area (Å²) in [7, 11) is -0.639. The number of carbonyl (C=O) groups is 1. The van der Waals surface area contributed by atoms with Gasteiger partial charge in [0.1, 0.15) is 0 Å². The normalized spacial score (nSPS) is 13.1. The number of rotatable bonds is 5. The average Bonchev–Trinajstić information content (AvgIpc) is 3.03. The van der Waals surface area contributed by atoms with Crippen LogP contribution in [0.25, 0.3) is 0 Å². The average molecular weight is 367 g/mol. The lowest BCUT2D eigenvalue weighted by Crippen LogP contribution is -2.27. The molecule has 0 aliphatic heterocycles. The fraction of sp³-hybridized carbons (Fsp3) is 0.353. The van der Waals surface area contributed by atoms with Crippen molar-refractivity contribution in [3.8, 4) is 0 Å². The third-order valence-electron chi connectivity index (χ3n) is 3.96.